The van der Waals surface area contributed by atoms with Gasteiger partial charge < -0.3 is 15.5 Å². The highest BCUT2D eigenvalue weighted by Crippen LogP contribution is 2.17. The van der Waals surface area contributed by atoms with Crippen LogP contribution in [0.3, 0.4) is 0 Å². The third-order valence-electron chi connectivity index (χ3n) is 4.35. The lowest BCUT2D eigenvalue weighted by atomic mass is 9.89. The molecule has 0 atom stereocenters. The number of hydrogen-bond donors (Lipinski definition) is 4. The molecule has 0 aromatic carbocycles. The molecule has 1 heterocycles. The summed E-state index contributed by atoms with van der Waals surface area (Å²) in [5.41, 5.74) is -0.112. The number of nitrogens with zero attached hydrogens (tertiary/aromatic N) is 1. The van der Waals surface area contributed by atoms with Crippen molar-refractivity contribution in [2.45, 2.75) is 51.0 Å². The van der Waals surface area contributed by atoms with Crippen LogP contribution >= 0.6 is 0 Å². The SMILES string of the molecule is C=Cc1cc([B]O)c(=O)n(O)c1NCNC1CCCCCCC1. The van der Waals surface area contributed by atoms with Gasteiger partial charge in [-0.15, -0.1) is 4.73 Å². The van der Waals surface area contributed by atoms with E-state index in [1.807, 2.05) is 0 Å². The Morgan fingerprint density at radius 3 is 2.57 bits per heavy atom. The maximum atomic E-state index is 11.9. The summed E-state index contributed by atoms with van der Waals surface area (Å²) in [7, 11) is 0.679. The highest BCUT2D eigenvalue weighted by molar-refractivity contribution is 6.45. The predicted octanol–water partition coefficient (Wildman–Crippen LogP) is 1.04. The van der Waals surface area contributed by atoms with Crippen molar-refractivity contribution in [2.24, 2.45) is 0 Å². The quantitative estimate of drug-likeness (QED) is 0.358. The molecule has 125 valence electrons. The second-order valence-corrected chi connectivity index (χ2v) is 5.95. The van der Waals surface area contributed by atoms with Crippen molar-refractivity contribution in [3.8, 4) is 0 Å². The minimum Gasteiger partial charge on any atom is -0.450 e. The number of rotatable bonds is 6. The standard InChI is InChI=1S/C16H25BN3O3/c1-2-12-10-14(17-22)16(21)20(23)15(12)19-11-18-13-8-6-4-3-5-7-9-13/h2,10,13,18-19,22-23H,1,3-9,11H2. The Bertz CT molecular complexity index is 581. The van der Waals surface area contributed by atoms with Crippen LogP contribution in [-0.2, 0) is 0 Å². The first kappa shape index (κ1) is 17.6. The monoisotopic (exact) mass is 318 g/mol. The fourth-order valence-corrected chi connectivity index (χ4v) is 3.01. The highest BCUT2D eigenvalue weighted by Gasteiger charge is 2.14. The van der Waals surface area contributed by atoms with E-state index in [-0.39, 0.29) is 11.3 Å². The molecule has 0 saturated heterocycles. The smallest absolute Gasteiger partial charge is 0.332 e. The molecular formula is C16H25BN3O3. The zero-order valence-corrected chi connectivity index (χ0v) is 13.4. The van der Waals surface area contributed by atoms with Crippen LogP contribution in [0.2, 0.25) is 0 Å². The molecule has 2 rings (SSSR count). The van der Waals surface area contributed by atoms with Gasteiger partial charge in [0.15, 0.2) is 5.82 Å². The van der Waals surface area contributed by atoms with Gasteiger partial charge in [0, 0.05) is 17.1 Å². The Kier molecular flexibility index (Phi) is 6.74. The van der Waals surface area contributed by atoms with Crippen LogP contribution in [0.1, 0.15) is 50.5 Å². The van der Waals surface area contributed by atoms with Crippen molar-refractivity contribution in [1.82, 2.24) is 10.0 Å². The average molecular weight is 318 g/mol. The van der Waals surface area contributed by atoms with Gasteiger partial charge in [0.05, 0.1) is 6.67 Å². The van der Waals surface area contributed by atoms with E-state index in [9.17, 15) is 10.0 Å². The Balaban J connectivity index is 2.00. The van der Waals surface area contributed by atoms with Gasteiger partial charge in [-0.1, -0.05) is 44.8 Å². The van der Waals surface area contributed by atoms with E-state index in [1.165, 1.54) is 44.2 Å². The van der Waals surface area contributed by atoms with E-state index in [0.717, 1.165) is 12.8 Å². The lowest BCUT2D eigenvalue weighted by molar-refractivity contribution is 0.181. The van der Waals surface area contributed by atoms with Crippen LogP contribution in [0.4, 0.5) is 5.82 Å². The number of nitrogens with one attached hydrogen (secondary N) is 2. The fraction of sp³-hybridized carbons (Fsp3) is 0.562. The average Bonchev–Trinajstić information content (AvgIpc) is 2.53. The molecule has 0 spiro atoms. The van der Waals surface area contributed by atoms with Crippen molar-refractivity contribution in [3.63, 3.8) is 0 Å². The molecule has 7 heteroatoms. The molecule has 4 N–H and O–H groups in total. The second-order valence-electron chi connectivity index (χ2n) is 5.95. The molecule has 1 radical (unpaired) electrons. The molecule has 1 saturated carbocycles. The van der Waals surface area contributed by atoms with Gasteiger partial charge in [-0.05, 0) is 18.9 Å². The summed E-state index contributed by atoms with van der Waals surface area (Å²) in [5, 5.41) is 25.5. The van der Waals surface area contributed by atoms with Gasteiger partial charge in [0.1, 0.15) is 0 Å². The minimum atomic E-state index is -0.674. The normalized spacial score (nSPS) is 16.4. The summed E-state index contributed by atoms with van der Waals surface area (Å²) < 4.78 is 0.513. The van der Waals surface area contributed by atoms with E-state index in [2.05, 4.69) is 17.2 Å². The first-order chi connectivity index (χ1) is 11.2. The van der Waals surface area contributed by atoms with Gasteiger partial charge in [0.2, 0.25) is 0 Å². The van der Waals surface area contributed by atoms with Gasteiger partial charge in [-0.2, -0.15) is 0 Å². The zero-order chi connectivity index (χ0) is 16.7. The van der Waals surface area contributed by atoms with Crippen LogP contribution < -0.4 is 21.7 Å². The van der Waals surface area contributed by atoms with Crippen LogP contribution in [0.15, 0.2) is 17.4 Å². The fourth-order valence-electron chi connectivity index (χ4n) is 3.01. The summed E-state index contributed by atoms with van der Waals surface area (Å²) in [6.45, 7) is 4.13. The Morgan fingerprint density at radius 1 is 1.30 bits per heavy atom. The second kappa shape index (κ2) is 8.79. The van der Waals surface area contributed by atoms with Gasteiger partial charge in [-0.25, -0.2) is 0 Å². The third-order valence-corrected chi connectivity index (χ3v) is 4.35. The summed E-state index contributed by atoms with van der Waals surface area (Å²) in [5.74, 6) is 0.272. The molecule has 6 nitrogen and oxygen atoms in total. The van der Waals surface area contributed by atoms with E-state index in [4.69, 9.17) is 5.02 Å². The molecule has 1 aliphatic carbocycles. The topological polar surface area (TPSA) is 86.5 Å². The minimum absolute atomic E-state index is 0.0147. The van der Waals surface area contributed by atoms with Crippen LogP contribution in [-0.4, -0.2) is 35.2 Å². The van der Waals surface area contributed by atoms with Gasteiger partial charge in [-0.3, -0.25) is 10.1 Å². The van der Waals surface area contributed by atoms with E-state index >= 15 is 0 Å². The van der Waals surface area contributed by atoms with Crippen LogP contribution in [0.5, 0.6) is 0 Å². The van der Waals surface area contributed by atoms with Crippen molar-refractivity contribution >= 4 is 24.8 Å². The van der Waals surface area contributed by atoms with Crippen molar-refractivity contribution in [1.29, 1.82) is 0 Å². The first-order valence-corrected chi connectivity index (χ1v) is 8.23. The molecule has 23 heavy (non-hydrogen) atoms. The molecule has 0 amide bonds. The maximum Gasteiger partial charge on any atom is 0.332 e. The molecule has 0 unspecified atom stereocenters. The van der Waals surface area contributed by atoms with Crippen molar-refractivity contribution < 1.29 is 10.2 Å². The molecule has 1 aromatic heterocycles. The molecule has 0 aliphatic heterocycles. The number of anilines is 1. The van der Waals surface area contributed by atoms with E-state index in [0.29, 0.717) is 30.5 Å². The number of pyridine rings is 1. The number of aromatic nitrogens is 1. The number of hydrogen-bond acceptors (Lipinski definition) is 5. The molecule has 0 bridgehead atoms. The molecular weight excluding hydrogens is 293 g/mol. The van der Waals surface area contributed by atoms with E-state index < -0.39 is 5.56 Å². The summed E-state index contributed by atoms with van der Waals surface area (Å²) >= 11 is 0. The molecule has 1 aliphatic rings. The van der Waals surface area contributed by atoms with Gasteiger partial charge >= 0.3 is 7.48 Å². The molecule has 1 fully saturated rings. The van der Waals surface area contributed by atoms with Crippen LogP contribution in [0, 0.1) is 0 Å². The molecule has 1 aromatic rings. The summed E-state index contributed by atoms with van der Waals surface area (Å²) in [4.78, 5) is 11.9. The zero-order valence-electron chi connectivity index (χ0n) is 13.4. The largest absolute Gasteiger partial charge is 0.450 e. The first-order valence-electron chi connectivity index (χ1n) is 8.23. The predicted molar refractivity (Wildman–Crippen MR) is 93.3 cm³/mol. The van der Waals surface area contributed by atoms with Crippen molar-refractivity contribution in [3.05, 3.63) is 28.6 Å². The lowest BCUT2D eigenvalue weighted by Gasteiger charge is -2.22. The Labute approximate surface area is 137 Å². The van der Waals surface area contributed by atoms with Gasteiger partial charge in [0.25, 0.3) is 5.56 Å². The Hall–Kier alpha value is -1.73. The van der Waals surface area contributed by atoms with Crippen LogP contribution in [0.25, 0.3) is 6.08 Å². The lowest BCUT2D eigenvalue weighted by Crippen LogP contribution is -2.40. The van der Waals surface area contributed by atoms with Crippen molar-refractivity contribution in [2.75, 3.05) is 12.0 Å². The summed E-state index contributed by atoms with van der Waals surface area (Å²) in [6.07, 6.45) is 10.2. The highest BCUT2D eigenvalue weighted by atomic mass is 16.5. The van der Waals surface area contributed by atoms with E-state index in [1.54, 1.807) is 0 Å². The Morgan fingerprint density at radius 2 is 1.96 bits per heavy atom. The maximum absolute atomic E-state index is 11.9. The summed E-state index contributed by atoms with van der Waals surface area (Å²) in [6, 6.07) is 1.94. The third kappa shape index (κ3) is 4.62.